The predicted molar refractivity (Wildman–Crippen MR) is 123 cm³/mol. The molecule has 5 rings (SSSR count). The Morgan fingerprint density at radius 2 is 1.74 bits per heavy atom. The zero-order valence-corrected chi connectivity index (χ0v) is 19.3. The number of aliphatic hydroxyl groups excluding tert-OH is 4. The molecule has 0 bridgehead atoms. The van der Waals surface area contributed by atoms with Gasteiger partial charge in [-0.05, 0) is 36.8 Å². The van der Waals surface area contributed by atoms with E-state index in [0.29, 0.717) is 12.2 Å². The van der Waals surface area contributed by atoms with Crippen molar-refractivity contribution in [2.75, 3.05) is 13.7 Å². The van der Waals surface area contributed by atoms with Gasteiger partial charge in [-0.2, -0.15) is 0 Å². The van der Waals surface area contributed by atoms with Gasteiger partial charge in [-0.15, -0.1) is 5.10 Å². The highest BCUT2D eigenvalue weighted by molar-refractivity contribution is 5.73. The average molecular weight is 485 g/mol. The largest absolute Gasteiger partial charge is 0.497 e. The molecular formula is C25H28N2O8. The van der Waals surface area contributed by atoms with Crippen LogP contribution in [0, 0.1) is 0 Å². The van der Waals surface area contributed by atoms with Crippen LogP contribution in [0.5, 0.6) is 17.4 Å². The monoisotopic (exact) mass is 484 g/mol. The smallest absolute Gasteiger partial charge is 0.239 e. The SMILES string of the molecule is COc1ccc(Cc2c(O[C@@H]3O[C@H](CO)[C@@H](O)[C@H](O)[C@H]3O)nn3c2-c2ccccc2OC3C)cc1. The second-order valence-corrected chi connectivity index (χ2v) is 8.63. The van der Waals surface area contributed by atoms with E-state index < -0.39 is 43.5 Å². The number of ether oxygens (including phenoxy) is 4. The van der Waals surface area contributed by atoms with Crippen LogP contribution >= 0.6 is 0 Å². The van der Waals surface area contributed by atoms with Crippen LogP contribution in [-0.4, -0.2) is 74.6 Å². The molecular weight excluding hydrogens is 456 g/mol. The summed E-state index contributed by atoms with van der Waals surface area (Å²) in [5, 5.41) is 45.0. The number of methoxy groups -OCH3 is 1. The molecule has 0 amide bonds. The van der Waals surface area contributed by atoms with Crippen molar-refractivity contribution in [3.05, 3.63) is 59.7 Å². The molecule has 3 aromatic rings. The zero-order chi connectivity index (χ0) is 24.7. The van der Waals surface area contributed by atoms with E-state index >= 15 is 0 Å². The molecule has 10 nitrogen and oxygen atoms in total. The van der Waals surface area contributed by atoms with Gasteiger partial charge in [-0.25, -0.2) is 4.68 Å². The first-order valence-corrected chi connectivity index (χ1v) is 11.4. The Bertz CT molecular complexity index is 1180. The molecule has 1 fully saturated rings. The summed E-state index contributed by atoms with van der Waals surface area (Å²) in [5.74, 6) is 1.63. The van der Waals surface area contributed by atoms with Gasteiger partial charge < -0.3 is 39.4 Å². The van der Waals surface area contributed by atoms with Crippen LogP contribution in [0.3, 0.4) is 0 Å². The fourth-order valence-corrected chi connectivity index (χ4v) is 4.47. The molecule has 1 aromatic heterocycles. The molecule has 0 radical (unpaired) electrons. The quantitative estimate of drug-likeness (QED) is 0.407. The molecule has 0 spiro atoms. The molecule has 1 saturated heterocycles. The lowest BCUT2D eigenvalue weighted by Crippen LogP contribution is -2.60. The van der Waals surface area contributed by atoms with Gasteiger partial charge >= 0.3 is 0 Å². The summed E-state index contributed by atoms with van der Waals surface area (Å²) in [4.78, 5) is 0. The Labute approximate surface area is 201 Å². The van der Waals surface area contributed by atoms with Crippen molar-refractivity contribution in [2.45, 2.75) is 50.3 Å². The molecule has 0 aliphatic carbocycles. The molecule has 3 heterocycles. The summed E-state index contributed by atoms with van der Waals surface area (Å²) in [6, 6.07) is 15.2. The van der Waals surface area contributed by atoms with Gasteiger partial charge in [0.15, 0.2) is 6.23 Å². The maximum Gasteiger partial charge on any atom is 0.239 e. The van der Waals surface area contributed by atoms with Crippen LogP contribution in [0.4, 0.5) is 0 Å². The van der Waals surface area contributed by atoms with Crippen LogP contribution in [0.15, 0.2) is 48.5 Å². The Morgan fingerprint density at radius 1 is 1.00 bits per heavy atom. The van der Waals surface area contributed by atoms with Crippen LogP contribution in [0.1, 0.15) is 24.3 Å². The van der Waals surface area contributed by atoms with E-state index in [1.807, 2.05) is 55.5 Å². The minimum absolute atomic E-state index is 0.187. The summed E-state index contributed by atoms with van der Waals surface area (Å²) in [6.07, 6.45) is -7.04. The van der Waals surface area contributed by atoms with Crippen LogP contribution in [-0.2, 0) is 11.2 Å². The molecule has 6 atom stereocenters. The van der Waals surface area contributed by atoms with Crippen molar-refractivity contribution in [3.8, 4) is 28.6 Å². The summed E-state index contributed by atoms with van der Waals surface area (Å²) in [7, 11) is 1.61. The number of hydrogen-bond donors (Lipinski definition) is 4. The Kier molecular flexibility index (Phi) is 6.39. The Hall–Kier alpha value is -3.15. The molecule has 186 valence electrons. The van der Waals surface area contributed by atoms with E-state index in [-0.39, 0.29) is 5.88 Å². The molecule has 0 saturated carbocycles. The van der Waals surface area contributed by atoms with Gasteiger partial charge in [0.05, 0.1) is 19.4 Å². The van der Waals surface area contributed by atoms with Gasteiger partial charge in [-0.1, -0.05) is 24.3 Å². The summed E-state index contributed by atoms with van der Waals surface area (Å²) >= 11 is 0. The third-order valence-electron chi connectivity index (χ3n) is 6.37. The number of aromatic nitrogens is 2. The van der Waals surface area contributed by atoms with Gasteiger partial charge in [-0.3, -0.25) is 0 Å². The van der Waals surface area contributed by atoms with Crippen molar-refractivity contribution >= 4 is 0 Å². The van der Waals surface area contributed by atoms with Crippen molar-refractivity contribution in [1.82, 2.24) is 9.78 Å². The van der Waals surface area contributed by atoms with E-state index in [2.05, 4.69) is 5.10 Å². The third-order valence-corrected chi connectivity index (χ3v) is 6.37. The molecule has 10 heteroatoms. The fraction of sp³-hybridized carbons (Fsp3) is 0.400. The highest BCUT2D eigenvalue weighted by atomic mass is 16.7. The predicted octanol–water partition coefficient (Wildman–Crippen LogP) is 1.24. The van der Waals surface area contributed by atoms with Gasteiger partial charge in [0.25, 0.3) is 0 Å². The maximum atomic E-state index is 10.5. The number of para-hydroxylation sites is 1. The minimum atomic E-state index is -1.56. The zero-order valence-electron chi connectivity index (χ0n) is 19.3. The van der Waals surface area contributed by atoms with E-state index in [1.54, 1.807) is 11.8 Å². The molecule has 4 N–H and O–H groups in total. The second kappa shape index (κ2) is 9.48. The number of fused-ring (bicyclic) bond motifs is 3. The van der Waals surface area contributed by atoms with Gasteiger partial charge in [0.2, 0.25) is 12.2 Å². The van der Waals surface area contributed by atoms with Crippen molar-refractivity contribution < 1.29 is 39.4 Å². The summed E-state index contributed by atoms with van der Waals surface area (Å²) in [6.45, 7) is 1.31. The molecule has 2 aliphatic heterocycles. The van der Waals surface area contributed by atoms with E-state index in [4.69, 9.17) is 18.9 Å². The lowest BCUT2D eigenvalue weighted by atomic mass is 9.98. The highest BCUT2D eigenvalue weighted by Crippen LogP contribution is 2.44. The van der Waals surface area contributed by atoms with Gasteiger partial charge in [0, 0.05) is 17.5 Å². The Morgan fingerprint density at radius 3 is 2.46 bits per heavy atom. The van der Waals surface area contributed by atoms with Crippen LogP contribution < -0.4 is 14.2 Å². The number of rotatable bonds is 6. The van der Waals surface area contributed by atoms with Crippen molar-refractivity contribution in [3.63, 3.8) is 0 Å². The first-order valence-electron chi connectivity index (χ1n) is 11.4. The number of aliphatic hydroxyl groups is 4. The van der Waals surface area contributed by atoms with E-state index in [1.165, 1.54) is 0 Å². The normalized spacial score (nSPS) is 27.5. The van der Waals surface area contributed by atoms with E-state index in [0.717, 1.165) is 28.1 Å². The van der Waals surface area contributed by atoms with Crippen LogP contribution in [0.25, 0.3) is 11.3 Å². The highest BCUT2D eigenvalue weighted by Gasteiger charge is 2.45. The van der Waals surface area contributed by atoms with Crippen LogP contribution in [0.2, 0.25) is 0 Å². The molecule has 35 heavy (non-hydrogen) atoms. The summed E-state index contributed by atoms with van der Waals surface area (Å²) < 4.78 is 24.6. The summed E-state index contributed by atoms with van der Waals surface area (Å²) in [5.41, 5.74) is 3.34. The van der Waals surface area contributed by atoms with Crippen molar-refractivity contribution in [1.29, 1.82) is 0 Å². The third kappa shape index (κ3) is 4.24. The number of hydrogen-bond acceptors (Lipinski definition) is 9. The standard InChI is InChI=1S/C25H28N2O8/c1-13-27-20(16-5-3-4-6-18(16)33-13)17(11-14-7-9-15(32-2)10-8-14)24(26-27)35-25-23(31)22(30)21(29)19(12-28)34-25/h3-10,13,19,21-23,25,28-31H,11-12H2,1-2H3/t13?,19-,21-,22+,23-,25+/m1/s1. The van der Waals surface area contributed by atoms with Gasteiger partial charge in [0.1, 0.15) is 35.9 Å². The fourth-order valence-electron chi connectivity index (χ4n) is 4.47. The topological polar surface area (TPSA) is 136 Å². The lowest BCUT2D eigenvalue weighted by molar-refractivity contribution is -0.278. The molecule has 1 unspecified atom stereocenters. The first-order chi connectivity index (χ1) is 16.9. The average Bonchev–Trinajstić information content (AvgIpc) is 3.23. The maximum absolute atomic E-state index is 10.5. The second-order valence-electron chi connectivity index (χ2n) is 8.63. The van der Waals surface area contributed by atoms with Crippen molar-refractivity contribution in [2.24, 2.45) is 0 Å². The Balaban J connectivity index is 1.57. The first kappa shape index (κ1) is 23.6. The molecule has 2 aromatic carbocycles. The van der Waals surface area contributed by atoms with E-state index in [9.17, 15) is 20.4 Å². The molecule has 2 aliphatic rings. The minimum Gasteiger partial charge on any atom is -0.497 e. The lowest BCUT2D eigenvalue weighted by Gasteiger charge is -2.39. The number of nitrogens with zero attached hydrogens (tertiary/aromatic N) is 2. The number of benzene rings is 2.